The van der Waals surface area contributed by atoms with Gasteiger partial charge in [-0.3, -0.25) is 4.79 Å². The van der Waals surface area contributed by atoms with Crippen LogP contribution in [0.25, 0.3) is 0 Å². The molecule has 6 nitrogen and oxygen atoms in total. The van der Waals surface area contributed by atoms with Gasteiger partial charge in [0.05, 0.1) is 6.54 Å². The summed E-state index contributed by atoms with van der Waals surface area (Å²) in [6, 6.07) is 5.74. The van der Waals surface area contributed by atoms with Crippen LogP contribution in [0.4, 0.5) is 5.69 Å². The summed E-state index contributed by atoms with van der Waals surface area (Å²) in [4.78, 5) is 12.1. The lowest BCUT2D eigenvalue weighted by molar-refractivity contribution is 0.0949. The van der Waals surface area contributed by atoms with Crippen LogP contribution in [0.1, 0.15) is 21.7 Å². The molecular formula is C13H17Cl2N5O. The molecule has 2 N–H and O–H groups in total. The zero-order chi connectivity index (χ0) is 13.2. The van der Waals surface area contributed by atoms with Crippen LogP contribution in [0.3, 0.4) is 0 Å². The molecule has 1 amide bonds. The number of anilines is 1. The summed E-state index contributed by atoms with van der Waals surface area (Å²) in [6.45, 7) is 1.32. The van der Waals surface area contributed by atoms with Crippen molar-refractivity contribution in [1.82, 2.24) is 20.1 Å². The molecule has 114 valence electrons. The number of nitrogens with one attached hydrogen (secondary N) is 2. The summed E-state index contributed by atoms with van der Waals surface area (Å²) >= 11 is 0. The smallest absolute Gasteiger partial charge is 0.251 e. The Labute approximate surface area is 135 Å². The highest BCUT2D eigenvalue weighted by molar-refractivity contribution is 5.95. The van der Waals surface area contributed by atoms with Crippen LogP contribution in [0.5, 0.6) is 0 Å². The molecule has 2 heterocycles. The van der Waals surface area contributed by atoms with E-state index in [9.17, 15) is 4.79 Å². The second kappa shape index (κ2) is 7.28. The van der Waals surface area contributed by atoms with Gasteiger partial charge in [0.15, 0.2) is 5.82 Å². The molecule has 3 rings (SSSR count). The molecule has 0 saturated heterocycles. The number of hydrogen-bond acceptors (Lipinski definition) is 4. The fourth-order valence-electron chi connectivity index (χ4n) is 2.17. The summed E-state index contributed by atoms with van der Waals surface area (Å²) in [5.41, 5.74) is 3.01. The predicted molar refractivity (Wildman–Crippen MR) is 85.3 cm³/mol. The third-order valence-electron chi connectivity index (χ3n) is 3.29. The van der Waals surface area contributed by atoms with Gasteiger partial charge in [0.2, 0.25) is 0 Å². The van der Waals surface area contributed by atoms with Gasteiger partial charge < -0.3 is 15.2 Å². The van der Waals surface area contributed by atoms with E-state index < -0.39 is 0 Å². The molecule has 1 aliphatic rings. The van der Waals surface area contributed by atoms with Crippen molar-refractivity contribution in [2.45, 2.75) is 13.0 Å². The first-order chi connectivity index (χ1) is 9.24. The molecule has 0 spiro atoms. The van der Waals surface area contributed by atoms with Gasteiger partial charge in [0, 0.05) is 24.8 Å². The predicted octanol–water partition coefficient (Wildman–Crippen LogP) is 1.56. The quantitative estimate of drug-likeness (QED) is 0.896. The van der Waals surface area contributed by atoms with Gasteiger partial charge in [-0.25, -0.2) is 0 Å². The average molecular weight is 330 g/mol. The third-order valence-corrected chi connectivity index (χ3v) is 3.29. The van der Waals surface area contributed by atoms with E-state index in [2.05, 4.69) is 20.8 Å². The third kappa shape index (κ3) is 3.65. The van der Waals surface area contributed by atoms with Crippen LogP contribution < -0.4 is 10.6 Å². The Bertz CT molecular complexity index is 629. The minimum absolute atomic E-state index is 0. The maximum absolute atomic E-state index is 12.1. The van der Waals surface area contributed by atoms with Crippen molar-refractivity contribution >= 4 is 36.4 Å². The fourth-order valence-corrected chi connectivity index (χ4v) is 2.17. The number of carbonyl (C=O) groups is 1. The summed E-state index contributed by atoms with van der Waals surface area (Å²) in [7, 11) is 1.85. The summed E-state index contributed by atoms with van der Waals surface area (Å²) in [6.07, 6.45) is 2.59. The minimum Gasteiger partial charge on any atom is -0.384 e. The molecule has 8 heteroatoms. The lowest BCUT2D eigenvalue weighted by Crippen LogP contribution is -2.24. The summed E-state index contributed by atoms with van der Waals surface area (Å²) in [5.74, 6) is 0.647. The molecule has 0 radical (unpaired) electrons. The van der Waals surface area contributed by atoms with Gasteiger partial charge in [-0.1, -0.05) is 0 Å². The number of aryl methyl sites for hydroxylation is 1. The number of nitrogens with zero attached hydrogens (tertiary/aromatic N) is 3. The number of benzene rings is 1. The zero-order valence-corrected chi connectivity index (χ0v) is 13.1. The number of amides is 1. The number of hydrogen-bond donors (Lipinski definition) is 2. The number of halogens is 2. The molecule has 21 heavy (non-hydrogen) atoms. The number of carbonyl (C=O) groups excluding carboxylic acids is 1. The molecule has 0 saturated carbocycles. The van der Waals surface area contributed by atoms with Crippen LogP contribution in [-0.4, -0.2) is 27.2 Å². The van der Waals surface area contributed by atoms with E-state index >= 15 is 0 Å². The van der Waals surface area contributed by atoms with Crippen molar-refractivity contribution in [2.75, 3.05) is 11.9 Å². The highest BCUT2D eigenvalue weighted by Gasteiger charge is 2.13. The molecule has 0 unspecified atom stereocenters. The van der Waals surface area contributed by atoms with Crippen LogP contribution in [0.15, 0.2) is 24.5 Å². The topological polar surface area (TPSA) is 71.8 Å². The highest BCUT2D eigenvalue weighted by Crippen LogP contribution is 2.22. The van der Waals surface area contributed by atoms with Gasteiger partial charge in [-0.05, 0) is 30.2 Å². The van der Waals surface area contributed by atoms with E-state index in [1.54, 1.807) is 10.9 Å². The minimum atomic E-state index is -0.0855. The Morgan fingerprint density at radius 1 is 1.43 bits per heavy atom. The molecule has 2 aromatic rings. The van der Waals surface area contributed by atoms with Gasteiger partial charge in [-0.2, -0.15) is 0 Å². The molecule has 0 atom stereocenters. The summed E-state index contributed by atoms with van der Waals surface area (Å²) in [5, 5.41) is 13.8. The van der Waals surface area contributed by atoms with Crippen molar-refractivity contribution < 1.29 is 4.79 Å². The zero-order valence-electron chi connectivity index (χ0n) is 11.5. The van der Waals surface area contributed by atoms with Gasteiger partial charge in [0.1, 0.15) is 6.33 Å². The second-order valence-corrected chi connectivity index (χ2v) is 4.59. The number of rotatable bonds is 3. The SMILES string of the molecule is Cl.Cl.Cn1cnnc1CNC(=O)c1ccc2c(c1)CCN2. The normalized spacial score (nSPS) is 11.7. The van der Waals surface area contributed by atoms with Crippen LogP contribution in [-0.2, 0) is 20.0 Å². The lowest BCUT2D eigenvalue weighted by Gasteiger charge is -2.06. The van der Waals surface area contributed by atoms with E-state index in [4.69, 9.17) is 0 Å². The number of fused-ring (bicyclic) bond motifs is 1. The average Bonchev–Trinajstić information content (AvgIpc) is 3.03. The molecule has 1 aromatic heterocycles. The van der Waals surface area contributed by atoms with E-state index in [1.165, 1.54) is 5.56 Å². The van der Waals surface area contributed by atoms with Crippen molar-refractivity contribution in [2.24, 2.45) is 7.05 Å². The molecule has 0 aliphatic carbocycles. The van der Waals surface area contributed by atoms with Gasteiger partial charge >= 0.3 is 0 Å². The van der Waals surface area contributed by atoms with Crippen molar-refractivity contribution in [1.29, 1.82) is 0 Å². The van der Waals surface area contributed by atoms with Crippen molar-refractivity contribution in [3.63, 3.8) is 0 Å². The first kappa shape index (κ1) is 17.3. The van der Waals surface area contributed by atoms with E-state index in [-0.39, 0.29) is 30.7 Å². The Morgan fingerprint density at radius 3 is 2.95 bits per heavy atom. The molecule has 0 bridgehead atoms. The van der Waals surface area contributed by atoms with Crippen LogP contribution >= 0.6 is 24.8 Å². The fraction of sp³-hybridized carbons (Fsp3) is 0.308. The van der Waals surface area contributed by atoms with E-state index in [0.717, 1.165) is 24.5 Å². The van der Waals surface area contributed by atoms with Crippen LogP contribution in [0.2, 0.25) is 0 Å². The van der Waals surface area contributed by atoms with E-state index in [1.807, 2.05) is 25.2 Å². The van der Waals surface area contributed by atoms with Crippen molar-refractivity contribution in [3.8, 4) is 0 Å². The molecular weight excluding hydrogens is 313 g/mol. The molecule has 1 aromatic carbocycles. The maximum Gasteiger partial charge on any atom is 0.251 e. The largest absolute Gasteiger partial charge is 0.384 e. The Balaban J connectivity index is 0.00000110. The first-order valence-electron chi connectivity index (χ1n) is 6.22. The second-order valence-electron chi connectivity index (χ2n) is 4.59. The van der Waals surface area contributed by atoms with Crippen molar-refractivity contribution in [3.05, 3.63) is 41.5 Å². The van der Waals surface area contributed by atoms with E-state index in [0.29, 0.717) is 12.1 Å². The molecule has 0 fully saturated rings. The Morgan fingerprint density at radius 2 is 2.24 bits per heavy atom. The lowest BCUT2D eigenvalue weighted by atomic mass is 10.1. The Hall–Kier alpha value is -1.79. The van der Waals surface area contributed by atoms with Crippen LogP contribution in [0, 0.1) is 0 Å². The maximum atomic E-state index is 12.1. The first-order valence-corrected chi connectivity index (χ1v) is 6.22. The summed E-state index contributed by atoms with van der Waals surface area (Å²) < 4.78 is 1.78. The van der Waals surface area contributed by atoms with Gasteiger partial charge in [0.25, 0.3) is 5.91 Å². The Kier molecular flexibility index (Phi) is 5.99. The molecule has 1 aliphatic heterocycles. The highest BCUT2D eigenvalue weighted by atomic mass is 35.5. The van der Waals surface area contributed by atoms with Gasteiger partial charge in [-0.15, -0.1) is 35.0 Å². The standard InChI is InChI=1S/C13H15N5O.2ClH/c1-18-8-16-17-12(18)7-15-13(19)10-2-3-11-9(6-10)4-5-14-11;;/h2-3,6,8,14H,4-5,7H2,1H3,(H,15,19);2*1H. The monoisotopic (exact) mass is 329 g/mol. The number of aromatic nitrogens is 3.